The Labute approximate surface area is 95.9 Å². The van der Waals surface area contributed by atoms with E-state index in [0.717, 1.165) is 32.5 Å². The second kappa shape index (κ2) is 4.06. The standard InChI is InChI=1S/C12H18N2O2/c1-2-12(8-13,11(15)16)10-7-14-5-3-9(10)4-6-14/h9-10H,2-7H2,1H3,(H,15,16)/p-1. The van der Waals surface area contributed by atoms with Gasteiger partial charge in [0.05, 0.1) is 12.0 Å². The lowest BCUT2D eigenvalue weighted by atomic mass is 9.63. The predicted octanol–water partition coefficient (Wildman–Crippen LogP) is -0.00192. The summed E-state index contributed by atoms with van der Waals surface area (Å²) in [5, 5.41) is 20.5. The van der Waals surface area contributed by atoms with Gasteiger partial charge in [-0.05, 0) is 44.2 Å². The number of rotatable bonds is 3. The van der Waals surface area contributed by atoms with Crippen molar-refractivity contribution in [3.63, 3.8) is 0 Å². The van der Waals surface area contributed by atoms with Crippen molar-refractivity contribution in [2.75, 3.05) is 19.6 Å². The number of nitrogens with zero attached hydrogens (tertiary/aromatic N) is 2. The van der Waals surface area contributed by atoms with E-state index < -0.39 is 11.4 Å². The molecule has 3 heterocycles. The van der Waals surface area contributed by atoms with Crippen LogP contribution in [-0.4, -0.2) is 30.5 Å². The Bertz CT molecular complexity index is 328. The summed E-state index contributed by atoms with van der Waals surface area (Å²) in [6, 6.07) is 2.03. The molecular formula is C12H17N2O2-. The maximum atomic E-state index is 11.3. The lowest BCUT2D eigenvalue weighted by molar-refractivity contribution is -0.320. The van der Waals surface area contributed by atoms with Crippen molar-refractivity contribution in [3.05, 3.63) is 0 Å². The normalized spacial score (nSPS) is 36.4. The van der Waals surface area contributed by atoms with E-state index in [2.05, 4.69) is 4.90 Å². The van der Waals surface area contributed by atoms with E-state index in [-0.39, 0.29) is 5.92 Å². The minimum atomic E-state index is -1.27. The topological polar surface area (TPSA) is 67.2 Å². The fraction of sp³-hybridized carbons (Fsp3) is 0.833. The third-order valence-electron chi connectivity index (χ3n) is 4.41. The summed E-state index contributed by atoms with van der Waals surface area (Å²) in [6.45, 7) is 4.63. The molecule has 0 spiro atoms. The van der Waals surface area contributed by atoms with Gasteiger partial charge in [0.15, 0.2) is 0 Å². The Morgan fingerprint density at radius 1 is 1.56 bits per heavy atom. The van der Waals surface area contributed by atoms with E-state index in [9.17, 15) is 15.2 Å². The molecule has 4 nitrogen and oxygen atoms in total. The van der Waals surface area contributed by atoms with Crippen LogP contribution in [0, 0.1) is 28.6 Å². The zero-order chi connectivity index (χ0) is 11.8. The van der Waals surface area contributed by atoms with Gasteiger partial charge in [0.1, 0.15) is 5.41 Å². The third kappa shape index (κ3) is 1.51. The summed E-state index contributed by atoms with van der Waals surface area (Å²) in [5.74, 6) is -0.839. The SMILES string of the molecule is CCC(C#N)(C(=O)[O-])C1CN2CCC1CC2. The molecule has 2 unspecified atom stereocenters. The molecule has 4 heteroatoms. The highest BCUT2D eigenvalue weighted by Gasteiger charge is 2.47. The molecule has 0 N–H and O–H groups in total. The van der Waals surface area contributed by atoms with E-state index in [1.807, 2.05) is 6.07 Å². The van der Waals surface area contributed by atoms with Crippen molar-refractivity contribution < 1.29 is 9.90 Å². The van der Waals surface area contributed by atoms with Gasteiger partial charge in [-0.25, -0.2) is 0 Å². The zero-order valence-corrected chi connectivity index (χ0v) is 9.61. The largest absolute Gasteiger partial charge is 0.548 e. The first-order valence-corrected chi connectivity index (χ1v) is 5.99. The number of hydrogen-bond acceptors (Lipinski definition) is 4. The summed E-state index contributed by atoms with van der Waals surface area (Å²) in [6.07, 6.45) is 2.41. The van der Waals surface area contributed by atoms with Gasteiger partial charge in [0, 0.05) is 6.54 Å². The molecule has 0 aromatic carbocycles. The molecule has 0 saturated carbocycles. The molecule has 2 bridgehead atoms. The number of carbonyl (C=O) groups excluding carboxylic acids is 1. The lowest BCUT2D eigenvalue weighted by Gasteiger charge is -2.50. The second-order valence-corrected chi connectivity index (χ2v) is 4.97. The van der Waals surface area contributed by atoms with E-state index in [1.165, 1.54) is 0 Å². The van der Waals surface area contributed by atoms with Crippen molar-refractivity contribution in [2.24, 2.45) is 17.3 Å². The van der Waals surface area contributed by atoms with Gasteiger partial charge in [-0.2, -0.15) is 5.26 Å². The van der Waals surface area contributed by atoms with Crippen molar-refractivity contribution in [1.82, 2.24) is 4.90 Å². The third-order valence-corrected chi connectivity index (χ3v) is 4.41. The van der Waals surface area contributed by atoms with Crippen LogP contribution in [0.5, 0.6) is 0 Å². The van der Waals surface area contributed by atoms with Crippen LogP contribution < -0.4 is 5.11 Å². The quantitative estimate of drug-likeness (QED) is 0.672. The van der Waals surface area contributed by atoms with Crippen LogP contribution in [0.25, 0.3) is 0 Å². The first-order valence-electron chi connectivity index (χ1n) is 5.99. The van der Waals surface area contributed by atoms with E-state index >= 15 is 0 Å². The number of carboxylic acids is 1. The van der Waals surface area contributed by atoms with Crippen LogP contribution in [0.4, 0.5) is 0 Å². The fourth-order valence-corrected chi connectivity index (χ4v) is 3.29. The maximum absolute atomic E-state index is 11.3. The Morgan fingerprint density at radius 3 is 2.50 bits per heavy atom. The number of carboxylic acid groups (broad SMARTS) is 1. The van der Waals surface area contributed by atoms with Gasteiger partial charge in [-0.1, -0.05) is 6.92 Å². The van der Waals surface area contributed by atoms with E-state index in [4.69, 9.17) is 0 Å². The van der Waals surface area contributed by atoms with Gasteiger partial charge in [-0.15, -0.1) is 0 Å². The Kier molecular flexibility index (Phi) is 2.90. The molecule has 0 aliphatic carbocycles. The highest BCUT2D eigenvalue weighted by Crippen LogP contribution is 2.44. The van der Waals surface area contributed by atoms with Crippen molar-refractivity contribution >= 4 is 5.97 Å². The zero-order valence-electron chi connectivity index (χ0n) is 9.61. The van der Waals surface area contributed by atoms with Gasteiger partial charge >= 0.3 is 0 Å². The number of nitriles is 1. The van der Waals surface area contributed by atoms with Crippen LogP contribution >= 0.6 is 0 Å². The van der Waals surface area contributed by atoms with Gasteiger partial charge in [0.25, 0.3) is 0 Å². The molecule has 3 aliphatic heterocycles. The molecule has 88 valence electrons. The molecule has 2 atom stereocenters. The smallest absolute Gasteiger partial charge is 0.101 e. The highest BCUT2D eigenvalue weighted by atomic mass is 16.4. The molecule has 3 rings (SSSR count). The first kappa shape index (κ1) is 11.4. The van der Waals surface area contributed by atoms with Crippen LogP contribution in [0.2, 0.25) is 0 Å². The average molecular weight is 221 g/mol. The average Bonchev–Trinajstić information content (AvgIpc) is 2.32. The van der Waals surface area contributed by atoms with Gasteiger partial charge in [-0.3, -0.25) is 0 Å². The second-order valence-electron chi connectivity index (χ2n) is 4.97. The minimum absolute atomic E-state index is 0.0463. The summed E-state index contributed by atoms with van der Waals surface area (Å²) in [4.78, 5) is 13.6. The number of fused-ring (bicyclic) bond motifs is 3. The number of hydrogen-bond donors (Lipinski definition) is 0. The van der Waals surface area contributed by atoms with Crippen molar-refractivity contribution in [1.29, 1.82) is 5.26 Å². The fourth-order valence-electron chi connectivity index (χ4n) is 3.29. The molecule has 0 amide bonds. The maximum Gasteiger partial charge on any atom is 0.101 e. The van der Waals surface area contributed by atoms with Crippen molar-refractivity contribution in [2.45, 2.75) is 26.2 Å². The molecule has 3 saturated heterocycles. The van der Waals surface area contributed by atoms with E-state index in [1.54, 1.807) is 6.92 Å². The molecule has 3 aliphatic rings. The van der Waals surface area contributed by atoms with Gasteiger partial charge in [0.2, 0.25) is 0 Å². The van der Waals surface area contributed by atoms with Crippen LogP contribution in [0.1, 0.15) is 26.2 Å². The van der Waals surface area contributed by atoms with Crippen molar-refractivity contribution in [3.8, 4) is 6.07 Å². The van der Waals surface area contributed by atoms with Crippen LogP contribution in [0.3, 0.4) is 0 Å². The molecule has 0 aromatic heterocycles. The number of piperidine rings is 3. The first-order chi connectivity index (χ1) is 7.64. The monoisotopic (exact) mass is 221 g/mol. The number of aliphatic carboxylic acids is 1. The highest BCUT2D eigenvalue weighted by molar-refractivity contribution is 5.76. The Morgan fingerprint density at radius 2 is 2.19 bits per heavy atom. The Hall–Kier alpha value is -1.08. The van der Waals surface area contributed by atoms with Crippen LogP contribution in [-0.2, 0) is 4.79 Å². The summed E-state index contributed by atoms with van der Waals surface area (Å²) < 4.78 is 0. The van der Waals surface area contributed by atoms with E-state index in [0.29, 0.717) is 12.3 Å². The number of carbonyl (C=O) groups is 1. The minimum Gasteiger partial charge on any atom is -0.548 e. The summed E-state index contributed by atoms with van der Waals surface area (Å²) in [7, 11) is 0. The summed E-state index contributed by atoms with van der Waals surface area (Å²) in [5.41, 5.74) is -1.27. The predicted molar refractivity (Wildman–Crippen MR) is 56.0 cm³/mol. The molecular weight excluding hydrogens is 204 g/mol. The molecule has 3 fully saturated rings. The molecule has 0 aromatic rings. The molecule has 0 radical (unpaired) electrons. The van der Waals surface area contributed by atoms with Gasteiger partial charge < -0.3 is 14.8 Å². The molecule has 16 heavy (non-hydrogen) atoms. The van der Waals surface area contributed by atoms with Crippen LogP contribution in [0.15, 0.2) is 0 Å². The Balaban J connectivity index is 2.28. The lowest BCUT2D eigenvalue weighted by Crippen LogP contribution is -2.57. The summed E-state index contributed by atoms with van der Waals surface area (Å²) >= 11 is 0.